The third-order valence-corrected chi connectivity index (χ3v) is 7.94. The number of likely N-dealkylation sites (tertiary alicyclic amines) is 1. The van der Waals surface area contributed by atoms with Gasteiger partial charge in [0.1, 0.15) is 12.4 Å². The van der Waals surface area contributed by atoms with Crippen molar-refractivity contribution in [2.24, 2.45) is 5.92 Å². The van der Waals surface area contributed by atoms with Crippen LogP contribution in [0.25, 0.3) is 0 Å². The molecule has 172 valence electrons. The standard InChI is InChI=1S/C22H25FN2O5S2/c1-30-22(27)16-10-12-24(13-11-16)21(26)15-25(18-5-3-4-17(23)14-18)32(28,29)20-8-6-19(31-2)7-9-20/h3-9,14,16H,10-13,15H2,1-2H3. The number of methoxy groups -OCH3 is 1. The van der Waals surface area contributed by atoms with E-state index in [4.69, 9.17) is 4.74 Å². The predicted molar refractivity (Wildman–Crippen MR) is 120 cm³/mol. The monoisotopic (exact) mass is 480 g/mol. The van der Waals surface area contributed by atoms with Crippen LogP contribution in [0.4, 0.5) is 10.1 Å². The average Bonchev–Trinajstić information content (AvgIpc) is 2.81. The minimum atomic E-state index is -4.12. The molecular weight excluding hydrogens is 455 g/mol. The number of anilines is 1. The number of hydrogen-bond donors (Lipinski definition) is 0. The SMILES string of the molecule is COC(=O)C1CCN(C(=O)CN(c2cccc(F)c2)S(=O)(=O)c2ccc(SC)cc2)CC1. The molecular formula is C22H25FN2O5S2. The van der Waals surface area contributed by atoms with Gasteiger partial charge in [-0.05, 0) is 61.6 Å². The number of benzene rings is 2. The van der Waals surface area contributed by atoms with Crippen molar-refractivity contribution in [3.63, 3.8) is 0 Å². The Hall–Kier alpha value is -2.59. The average molecular weight is 481 g/mol. The number of nitrogens with zero attached hydrogens (tertiary/aromatic N) is 2. The Balaban J connectivity index is 1.85. The Morgan fingerprint density at radius 1 is 1.16 bits per heavy atom. The van der Waals surface area contributed by atoms with Gasteiger partial charge in [-0.1, -0.05) is 6.07 Å². The van der Waals surface area contributed by atoms with Crippen molar-refractivity contribution in [2.75, 3.05) is 37.3 Å². The molecule has 0 saturated carbocycles. The summed E-state index contributed by atoms with van der Waals surface area (Å²) >= 11 is 1.48. The molecule has 0 aromatic heterocycles. The van der Waals surface area contributed by atoms with Gasteiger partial charge in [-0.2, -0.15) is 0 Å². The molecule has 3 rings (SSSR count). The summed E-state index contributed by atoms with van der Waals surface area (Å²) in [5.74, 6) is -1.61. The Bertz CT molecular complexity index is 1070. The van der Waals surface area contributed by atoms with E-state index in [9.17, 15) is 22.4 Å². The molecule has 1 saturated heterocycles. The molecule has 1 amide bonds. The van der Waals surface area contributed by atoms with E-state index in [1.54, 1.807) is 12.1 Å². The van der Waals surface area contributed by atoms with Crippen LogP contribution in [0.2, 0.25) is 0 Å². The maximum Gasteiger partial charge on any atom is 0.308 e. The maximum absolute atomic E-state index is 13.9. The number of piperidine rings is 1. The van der Waals surface area contributed by atoms with Crippen molar-refractivity contribution in [1.82, 2.24) is 4.90 Å². The molecule has 1 aliphatic rings. The van der Waals surface area contributed by atoms with Crippen molar-refractivity contribution in [3.05, 3.63) is 54.3 Å². The summed E-state index contributed by atoms with van der Waals surface area (Å²) in [6.07, 6.45) is 2.77. The van der Waals surface area contributed by atoms with Crippen LogP contribution in [0, 0.1) is 11.7 Å². The molecule has 0 bridgehead atoms. The van der Waals surface area contributed by atoms with E-state index in [1.165, 1.54) is 54.1 Å². The van der Waals surface area contributed by atoms with Gasteiger partial charge in [0.2, 0.25) is 5.91 Å². The number of carbonyl (C=O) groups is 2. The zero-order valence-electron chi connectivity index (χ0n) is 17.9. The van der Waals surface area contributed by atoms with Crippen LogP contribution >= 0.6 is 11.8 Å². The molecule has 0 spiro atoms. The third kappa shape index (κ3) is 5.42. The number of sulfonamides is 1. The van der Waals surface area contributed by atoms with Gasteiger partial charge in [-0.25, -0.2) is 12.8 Å². The number of rotatable bonds is 7. The Morgan fingerprint density at radius 3 is 2.38 bits per heavy atom. The predicted octanol–water partition coefficient (Wildman–Crippen LogP) is 3.15. The summed E-state index contributed by atoms with van der Waals surface area (Å²) in [6.45, 7) is 0.162. The van der Waals surface area contributed by atoms with Crippen molar-refractivity contribution in [1.29, 1.82) is 0 Å². The van der Waals surface area contributed by atoms with Gasteiger partial charge in [0.05, 0.1) is 23.6 Å². The molecule has 2 aromatic rings. The highest BCUT2D eigenvalue weighted by atomic mass is 32.2. The lowest BCUT2D eigenvalue weighted by Crippen LogP contribution is -2.46. The second-order valence-corrected chi connectivity index (χ2v) is 10.1. The fraction of sp³-hybridized carbons (Fsp3) is 0.364. The lowest BCUT2D eigenvalue weighted by molar-refractivity contribution is -0.148. The fourth-order valence-electron chi connectivity index (χ4n) is 3.58. The van der Waals surface area contributed by atoms with Crippen molar-refractivity contribution in [2.45, 2.75) is 22.6 Å². The van der Waals surface area contributed by atoms with Gasteiger partial charge in [-0.3, -0.25) is 13.9 Å². The zero-order chi connectivity index (χ0) is 23.3. The molecule has 10 heteroatoms. The van der Waals surface area contributed by atoms with Crippen LogP contribution in [0.15, 0.2) is 58.3 Å². The molecule has 7 nitrogen and oxygen atoms in total. The first kappa shape index (κ1) is 24.1. The first-order valence-electron chi connectivity index (χ1n) is 10.0. The first-order chi connectivity index (χ1) is 15.3. The third-order valence-electron chi connectivity index (χ3n) is 5.40. The summed E-state index contributed by atoms with van der Waals surface area (Å²) in [4.78, 5) is 27.2. The highest BCUT2D eigenvalue weighted by molar-refractivity contribution is 7.98. The smallest absolute Gasteiger partial charge is 0.308 e. The topological polar surface area (TPSA) is 84.0 Å². The van der Waals surface area contributed by atoms with E-state index in [0.29, 0.717) is 25.9 Å². The quantitative estimate of drug-likeness (QED) is 0.447. The van der Waals surface area contributed by atoms with Crippen molar-refractivity contribution < 1.29 is 27.1 Å². The van der Waals surface area contributed by atoms with Crippen molar-refractivity contribution >= 4 is 39.3 Å². The molecule has 0 N–H and O–H groups in total. The molecule has 2 aromatic carbocycles. The molecule has 0 atom stereocenters. The highest BCUT2D eigenvalue weighted by Crippen LogP contribution is 2.27. The highest BCUT2D eigenvalue weighted by Gasteiger charge is 2.32. The second-order valence-electron chi connectivity index (χ2n) is 7.35. The lowest BCUT2D eigenvalue weighted by Gasteiger charge is -2.33. The van der Waals surface area contributed by atoms with Gasteiger partial charge in [-0.15, -0.1) is 11.8 Å². The summed E-state index contributed by atoms with van der Waals surface area (Å²) in [7, 11) is -2.80. The van der Waals surface area contributed by atoms with Gasteiger partial charge in [0.15, 0.2) is 0 Å². The lowest BCUT2D eigenvalue weighted by atomic mass is 9.97. The van der Waals surface area contributed by atoms with E-state index in [-0.39, 0.29) is 22.5 Å². The molecule has 32 heavy (non-hydrogen) atoms. The Morgan fingerprint density at radius 2 is 1.81 bits per heavy atom. The fourth-order valence-corrected chi connectivity index (χ4v) is 5.39. The number of esters is 1. The molecule has 1 aliphatic heterocycles. The largest absolute Gasteiger partial charge is 0.469 e. The maximum atomic E-state index is 13.9. The number of amides is 1. The van der Waals surface area contributed by atoms with Crippen LogP contribution < -0.4 is 4.31 Å². The number of hydrogen-bond acceptors (Lipinski definition) is 6. The van der Waals surface area contributed by atoms with Crippen molar-refractivity contribution in [3.8, 4) is 0 Å². The van der Waals surface area contributed by atoms with Gasteiger partial charge < -0.3 is 9.64 Å². The van der Waals surface area contributed by atoms with Crippen LogP contribution in [0.5, 0.6) is 0 Å². The summed E-state index contributed by atoms with van der Waals surface area (Å²) in [5.41, 5.74) is 0.0664. The van der Waals surface area contributed by atoms with Gasteiger partial charge >= 0.3 is 5.97 Å². The molecule has 0 unspecified atom stereocenters. The van der Waals surface area contributed by atoms with Crippen LogP contribution in [-0.4, -0.2) is 58.2 Å². The van der Waals surface area contributed by atoms with Crippen LogP contribution in [0.3, 0.4) is 0 Å². The zero-order valence-corrected chi connectivity index (χ0v) is 19.5. The van der Waals surface area contributed by atoms with Crippen LogP contribution in [-0.2, 0) is 24.3 Å². The minimum absolute atomic E-state index is 0.0109. The summed E-state index contributed by atoms with van der Waals surface area (Å²) in [5, 5.41) is 0. The van der Waals surface area contributed by atoms with E-state index in [0.717, 1.165) is 15.3 Å². The first-order valence-corrected chi connectivity index (χ1v) is 12.7. The molecule has 0 radical (unpaired) electrons. The van der Waals surface area contributed by atoms with E-state index in [2.05, 4.69) is 0 Å². The molecule has 1 heterocycles. The number of halogens is 1. The minimum Gasteiger partial charge on any atom is -0.469 e. The van der Waals surface area contributed by atoms with E-state index < -0.39 is 28.3 Å². The summed E-state index contributed by atoms with van der Waals surface area (Å²) in [6, 6.07) is 11.5. The van der Waals surface area contributed by atoms with E-state index >= 15 is 0 Å². The van der Waals surface area contributed by atoms with E-state index in [1.807, 2.05) is 6.26 Å². The second kappa shape index (κ2) is 10.4. The normalized spacial score (nSPS) is 14.8. The van der Waals surface area contributed by atoms with Gasteiger partial charge in [0.25, 0.3) is 10.0 Å². The molecule has 1 fully saturated rings. The number of thioether (sulfide) groups is 1. The summed E-state index contributed by atoms with van der Waals surface area (Å²) < 4.78 is 46.4. The molecule has 0 aliphatic carbocycles. The Kier molecular flexibility index (Phi) is 7.78. The number of ether oxygens (including phenoxy) is 1. The van der Waals surface area contributed by atoms with Gasteiger partial charge in [0, 0.05) is 18.0 Å². The number of carbonyl (C=O) groups excluding carboxylic acids is 2. The van der Waals surface area contributed by atoms with Crippen LogP contribution in [0.1, 0.15) is 12.8 Å². The Labute approximate surface area is 191 Å².